The largest absolute Gasteiger partial charge is 0.468 e. The first-order valence-electron chi connectivity index (χ1n) is 9.30. The lowest BCUT2D eigenvalue weighted by molar-refractivity contribution is 0.102. The molecule has 0 saturated carbocycles. The molecule has 2 aromatic heterocycles. The third-order valence-electron chi connectivity index (χ3n) is 4.84. The quantitative estimate of drug-likeness (QED) is 0.713. The summed E-state index contributed by atoms with van der Waals surface area (Å²) in [5.74, 6) is -0.514. The SMILES string of the molecule is O=C(Nc1ccc(N2CCN(Cc3ccco3)CC2)nc1)c1ccc(F)cc1F. The molecule has 1 aliphatic rings. The van der Waals surface area contributed by atoms with Crippen molar-refractivity contribution in [1.29, 1.82) is 0 Å². The molecule has 0 aliphatic carbocycles. The van der Waals surface area contributed by atoms with E-state index in [2.05, 4.69) is 20.1 Å². The van der Waals surface area contributed by atoms with Gasteiger partial charge >= 0.3 is 0 Å². The Morgan fingerprint density at radius 2 is 1.93 bits per heavy atom. The highest BCUT2D eigenvalue weighted by atomic mass is 19.1. The average Bonchev–Trinajstić information content (AvgIpc) is 3.22. The Bertz CT molecular complexity index is 969. The molecular formula is C21H20F2N4O2. The van der Waals surface area contributed by atoms with Crippen LogP contribution in [0.25, 0.3) is 0 Å². The van der Waals surface area contributed by atoms with Gasteiger partial charge in [0.2, 0.25) is 0 Å². The molecule has 0 spiro atoms. The van der Waals surface area contributed by atoms with Crippen molar-refractivity contribution in [3.63, 3.8) is 0 Å². The van der Waals surface area contributed by atoms with Crippen molar-refractivity contribution in [3.8, 4) is 0 Å². The van der Waals surface area contributed by atoms with Gasteiger partial charge in [0.15, 0.2) is 0 Å². The van der Waals surface area contributed by atoms with Gasteiger partial charge in [-0.25, -0.2) is 13.8 Å². The van der Waals surface area contributed by atoms with Gasteiger partial charge in [0.25, 0.3) is 5.91 Å². The van der Waals surface area contributed by atoms with Crippen LogP contribution in [0, 0.1) is 11.6 Å². The van der Waals surface area contributed by atoms with Gasteiger partial charge in [-0.3, -0.25) is 9.69 Å². The lowest BCUT2D eigenvalue weighted by Crippen LogP contribution is -2.46. The van der Waals surface area contributed by atoms with Crippen LogP contribution < -0.4 is 10.2 Å². The number of anilines is 2. The minimum Gasteiger partial charge on any atom is -0.468 e. The topological polar surface area (TPSA) is 61.6 Å². The Balaban J connectivity index is 1.33. The standard InChI is InChI=1S/C21H20F2N4O2/c22-15-3-5-18(19(23)12-15)21(28)25-16-4-6-20(24-13-16)27-9-7-26(8-10-27)14-17-2-1-11-29-17/h1-6,11-13H,7-10,14H2,(H,25,28). The number of hydrogen-bond donors (Lipinski definition) is 1. The van der Waals surface area contributed by atoms with E-state index in [9.17, 15) is 13.6 Å². The maximum Gasteiger partial charge on any atom is 0.258 e. The fraction of sp³-hybridized carbons (Fsp3) is 0.238. The third-order valence-corrected chi connectivity index (χ3v) is 4.84. The maximum atomic E-state index is 13.7. The van der Waals surface area contributed by atoms with Crippen LogP contribution in [0.15, 0.2) is 59.3 Å². The van der Waals surface area contributed by atoms with E-state index in [1.165, 1.54) is 6.20 Å². The van der Waals surface area contributed by atoms with Crippen molar-refractivity contribution >= 4 is 17.4 Å². The van der Waals surface area contributed by atoms with Gasteiger partial charge in [-0.2, -0.15) is 0 Å². The van der Waals surface area contributed by atoms with Gasteiger partial charge in [-0.05, 0) is 36.4 Å². The minimum atomic E-state index is -0.903. The van der Waals surface area contributed by atoms with Gasteiger partial charge in [0, 0.05) is 32.2 Å². The summed E-state index contributed by atoms with van der Waals surface area (Å²) < 4.78 is 32.1. The van der Waals surface area contributed by atoms with E-state index in [4.69, 9.17) is 4.42 Å². The molecule has 0 atom stereocenters. The summed E-state index contributed by atoms with van der Waals surface area (Å²) in [4.78, 5) is 21.1. The number of rotatable bonds is 5. The second-order valence-corrected chi connectivity index (χ2v) is 6.83. The summed E-state index contributed by atoms with van der Waals surface area (Å²) in [5.41, 5.74) is 0.224. The molecular weight excluding hydrogens is 378 g/mol. The fourth-order valence-corrected chi connectivity index (χ4v) is 3.28. The molecule has 150 valence electrons. The fourth-order valence-electron chi connectivity index (χ4n) is 3.28. The van der Waals surface area contributed by atoms with Crippen molar-refractivity contribution in [2.75, 3.05) is 36.4 Å². The molecule has 6 nitrogen and oxygen atoms in total. The van der Waals surface area contributed by atoms with Crippen molar-refractivity contribution in [2.45, 2.75) is 6.54 Å². The number of carbonyl (C=O) groups excluding carboxylic acids is 1. The summed E-state index contributed by atoms with van der Waals surface area (Å²) in [6.07, 6.45) is 3.21. The van der Waals surface area contributed by atoms with Crippen molar-refractivity contribution in [2.24, 2.45) is 0 Å². The van der Waals surface area contributed by atoms with E-state index in [0.717, 1.165) is 56.4 Å². The number of benzene rings is 1. The predicted octanol–water partition coefficient (Wildman–Crippen LogP) is 3.53. The van der Waals surface area contributed by atoms with E-state index in [-0.39, 0.29) is 5.56 Å². The van der Waals surface area contributed by atoms with E-state index in [1.807, 2.05) is 18.2 Å². The zero-order valence-corrected chi connectivity index (χ0v) is 15.6. The molecule has 3 heterocycles. The third kappa shape index (κ3) is 4.60. The monoisotopic (exact) mass is 398 g/mol. The number of nitrogens with one attached hydrogen (secondary N) is 1. The number of halogens is 2. The molecule has 1 aliphatic heterocycles. The first kappa shape index (κ1) is 19.1. The number of pyridine rings is 1. The first-order valence-corrected chi connectivity index (χ1v) is 9.30. The second kappa shape index (κ2) is 8.40. The number of nitrogens with zero attached hydrogens (tertiary/aromatic N) is 3. The minimum absolute atomic E-state index is 0.219. The molecule has 8 heteroatoms. The smallest absolute Gasteiger partial charge is 0.258 e. The molecule has 0 unspecified atom stereocenters. The first-order chi connectivity index (χ1) is 14.1. The number of hydrogen-bond acceptors (Lipinski definition) is 5. The Morgan fingerprint density at radius 1 is 1.10 bits per heavy atom. The van der Waals surface area contributed by atoms with Crippen LogP contribution in [0.4, 0.5) is 20.3 Å². The molecule has 1 saturated heterocycles. The number of piperazine rings is 1. The normalized spacial score (nSPS) is 14.8. The number of amides is 1. The lowest BCUT2D eigenvalue weighted by Gasteiger charge is -2.35. The Labute approximate surface area is 166 Å². The molecule has 1 N–H and O–H groups in total. The zero-order chi connectivity index (χ0) is 20.2. The van der Waals surface area contributed by atoms with Crippen LogP contribution in [0.3, 0.4) is 0 Å². The number of furan rings is 1. The van der Waals surface area contributed by atoms with Crippen LogP contribution in [0.1, 0.15) is 16.1 Å². The van der Waals surface area contributed by atoms with Crippen LogP contribution in [-0.2, 0) is 6.54 Å². The summed E-state index contributed by atoms with van der Waals surface area (Å²) in [6.45, 7) is 4.25. The Morgan fingerprint density at radius 3 is 2.59 bits per heavy atom. The molecule has 1 fully saturated rings. The number of aromatic nitrogens is 1. The van der Waals surface area contributed by atoms with Crippen molar-refractivity contribution in [1.82, 2.24) is 9.88 Å². The van der Waals surface area contributed by atoms with E-state index < -0.39 is 17.5 Å². The summed E-state index contributed by atoms with van der Waals surface area (Å²) in [5, 5.41) is 2.58. The Hall–Kier alpha value is -3.26. The molecule has 0 bridgehead atoms. The van der Waals surface area contributed by atoms with Gasteiger partial charge in [-0.1, -0.05) is 0 Å². The highest BCUT2D eigenvalue weighted by Gasteiger charge is 2.19. The van der Waals surface area contributed by atoms with Crippen molar-refractivity contribution in [3.05, 3.63) is 77.9 Å². The van der Waals surface area contributed by atoms with Crippen molar-refractivity contribution < 1.29 is 18.0 Å². The summed E-state index contributed by atoms with van der Waals surface area (Å²) >= 11 is 0. The van der Waals surface area contributed by atoms with Gasteiger partial charge in [-0.15, -0.1) is 0 Å². The van der Waals surface area contributed by atoms with E-state index in [0.29, 0.717) is 11.8 Å². The highest BCUT2D eigenvalue weighted by Crippen LogP contribution is 2.18. The molecule has 4 rings (SSSR count). The number of carbonyl (C=O) groups is 1. The molecule has 0 radical (unpaired) electrons. The zero-order valence-electron chi connectivity index (χ0n) is 15.6. The molecule has 1 amide bonds. The van der Waals surface area contributed by atoms with Crippen LogP contribution in [0.2, 0.25) is 0 Å². The summed E-state index contributed by atoms with van der Waals surface area (Å²) in [7, 11) is 0. The summed E-state index contributed by atoms with van der Waals surface area (Å²) in [6, 6.07) is 10.2. The average molecular weight is 398 g/mol. The van der Waals surface area contributed by atoms with Gasteiger partial charge in [0.1, 0.15) is 23.2 Å². The van der Waals surface area contributed by atoms with Gasteiger partial charge < -0.3 is 14.6 Å². The van der Waals surface area contributed by atoms with Crippen LogP contribution in [-0.4, -0.2) is 42.0 Å². The molecule has 3 aromatic rings. The highest BCUT2D eigenvalue weighted by molar-refractivity contribution is 6.04. The van der Waals surface area contributed by atoms with Gasteiger partial charge in [0.05, 0.1) is 30.3 Å². The van der Waals surface area contributed by atoms with Crippen LogP contribution >= 0.6 is 0 Å². The van der Waals surface area contributed by atoms with E-state index >= 15 is 0 Å². The van der Waals surface area contributed by atoms with E-state index in [1.54, 1.807) is 12.3 Å². The molecule has 29 heavy (non-hydrogen) atoms. The Kier molecular flexibility index (Phi) is 5.53. The predicted molar refractivity (Wildman–Crippen MR) is 105 cm³/mol. The lowest BCUT2D eigenvalue weighted by atomic mass is 10.2. The molecule has 1 aromatic carbocycles. The van der Waals surface area contributed by atoms with Crippen LogP contribution in [0.5, 0.6) is 0 Å². The maximum absolute atomic E-state index is 13.7. The second-order valence-electron chi connectivity index (χ2n) is 6.83.